The summed E-state index contributed by atoms with van der Waals surface area (Å²) in [5.41, 5.74) is 0. The average Bonchev–Trinajstić information content (AvgIpc) is 2.83. The van der Waals surface area contributed by atoms with Crippen LogP contribution in [-0.4, -0.2) is 39.8 Å². The number of nitrogens with zero attached hydrogens (tertiary/aromatic N) is 2. The summed E-state index contributed by atoms with van der Waals surface area (Å²) in [5, 5.41) is 0. The zero-order valence-electron chi connectivity index (χ0n) is 13.2. The normalized spacial score (nSPS) is 41.0. The van der Waals surface area contributed by atoms with Gasteiger partial charge in [-0.05, 0) is 50.9 Å². The number of Topliss-reactive ketones (excluding diaryl/α,β-unsaturated/α-hetero) is 1. The third kappa shape index (κ3) is 2.27. The lowest BCUT2D eigenvalue weighted by atomic mass is 9.89. The van der Waals surface area contributed by atoms with Crippen molar-refractivity contribution in [1.82, 2.24) is 9.80 Å². The van der Waals surface area contributed by atoms with Crippen molar-refractivity contribution in [2.75, 3.05) is 0 Å². The molecule has 2 saturated heterocycles. The Morgan fingerprint density at radius 3 is 1.55 bits per heavy atom. The summed E-state index contributed by atoms with van der Waals surface area (Å²) in [6.07, 6.45) is 5.82. The molecular formula is C17H28N2O. The Bertz CT molecular complexity index is 370. The van der Waals surface area contributed by atoms with Crippen LogP contribution in [-0.2, 0) is 4.79 Å². The maximum Gasteiger partial charge on any atom is 0.178 e. The van der Waals surface area contributed by atoms with Gasteiger partial charge in [0.1, 0.15) is 0 Å². The molecule has 0 saturated carbocycles. The minimum atomic E-state index is -0.0253. The maximum atomic E-state index is 13.1. The molecule has 0 spiro atoms. The summed E-state index contributed by atoms with van der Waals surface area (Å²) in [6, 6.07) is 0.760. The molecule has 2 rings (SSSR count). The molecule has 0 bridgehead atoms. The predicted molar refractivity (Wildman–Crippen MR) is 83.1 cm³/mol. The van der Waals surface area contributed by atoms with Crippen molar-refractivity contribution in [2.24, 2.45) is 11.8 Å². The minimum Gasteiger partial charge on any atom is -0.365 e. The van der Waals surface area contributed by atoms with Crippen LogP contribution in [0.5, 0.6) is 0 Å². The molecular weight excluding hydrogens is 248 g/mol. The highest BCUT2D eigenvalue weighted by atomic mass is 16.1. The fourth-order valence-electron chi connectivity index (χ4n) is 4.33. The Morgan fingerprint density at radius 2 is 1.25 bits per heavy atom. The Labute approximate surface area is 123 Å². The zero-order valence-corrected chi connectivity index (χ0v) is 13.2. The van der Waals surface area contributed by atoms with Crippen molar-refractivity contribution in [2.45, 2.75) is 64.7 Å². The first-order valence-corrected chi connectivity index (χ1v) is 7.76. The van der Waals surface area contributed by atoms with Gasteiger partial charge < -0.3 is 9.80 Å². The van der Waals surface area contributed by atoms with Gasteiger partial charge in [0, 0.05) is 12.1 Å². The molecule has 0 aromatic carbocycles. The first-order valence-electron chi connectivity index (χ1n) is 7.76. The Balaban J connectivity index is 2.25. The third-order valence-corrected chi connectivity index (χ3v) is 5.17. The van der Waals surface area contributed by atoms with Crippen LogP contribution >= 0.6 is 0 Å². The molecule has 3 heteroatoms. The van der Waals surface area contributed by atoms with Crippen LogP contribution in [0.25, 0.3) is 0 Å². The highest BCUT2D eigenvalue weighted by Gasteiger charge is 2.47. The molecule has 112 valence electrons. The molecule has 6 atom stereocenters. The van der Waals surface area contributed by atoms with Gasteiger partial charge >= 0.3 is 0 Å². The molecule has 20 heavy (non-hydrogen) atoms. The van der Waals surface area contributed by atoms with E-state index in [-0.39, 0.29) is 12.1 Å². The zero-order chi connectivity index (χ0) is 15.0. The van der Waals surface area contributed by atoms with Gasteiger partial charge in [0.05, 0.1) is 12.1 Å². The van der Waals surface area contributed by atoms with Crippen molar-refractivity contribution in [3.63, 3.8) is 0 Å². The molecule has 0 aromatic rings. The topological polar surface area (TPSA) is 23.6 Å². The predicted octanol–water partition coefficient (Wildman–Crippen LogP) is 3.04. The highest BCUT2D eigenvalue weighted by molar-refractivity contribution is 5.90. The van der Waals surface area contributed by atoms with Gasteiger partial charge in [-0.2, -0.15) is 0 Å². The number of carbonyl (C=O) groups excluding carboxylic acids is 1. The molecule has 0 amide bonds. The van der Waals surface area contributed by atoms with E-state index in [4.69, 9.17) is 0 Å². The van der Waals surface area contributed by atoms with Crippen LogP contribution in [0.2, 0.25) is 0 Å². The van der Waals surface area contributed by atoms with Gasteiger partial charge in [-0.15, -0.1) is 0 Å². The Kier molecular flexibility index (Phi) is 4.26. The molecule has 0 radical (unpaired) electrons. The molecule has 2 fully saturated rings. The van der Waals surface area contributed by atoms with E-state index in [0.717, 1.165) is 12.8 Å². The molecule has 0 N–H and O–H groups in total. The molecule has 2 aliphatic heterocycles. The molecule has 3 nitrogen and oxygen atoms in total. The standard InChI is InChI=1S/C17H28N2O/c1-7-18-13(5)9-11(3)15(18)17(20)16-12(4)10-14(6)19(16)8-2/h7-8,11-16H,1-2,9-10H2,3-6H3. The van der Waals surface area contributed by atoms with Crippen molar-refractivity contribution in [1.29, 1.82) is 0 Å². The lowest BCUT2D eigenvalue weighted by Gasteiger charge is -2.34. The summed E-state index contributed by atoms with van der Waals surface area (Å²) < 4.78 is 0. The summed E-state index contributed by atoms with van der Waals surface area (Å²) in [4.78, 5) is 17.4. The summed E-state index contributed by atoms with van der Waals surface area (Å²) >= 11 is 0. The Hall–Kier alpha value is -1.25. The van der Waals surface area contributed by atoms with E-state index in [1.807, 2.05) is 12.4 Å². The van der Waals surface area contributed by atoms with Crippen LogP contribution in [0.15, 0.2) is 25.6 Å². The van der Waals surface area contributed by atoms with Crippen LogP contribution in [0.3, 0.4) is 0 Å². The summed E-state index contributed by atoms with van der Waals surface area (Å²) in [7, 11) is 0. The van der Waals surface area contributed by atoms with Gasteiger partial charge in [-0.3, -0.25) is 4.79 Å². The number of ketones is 1. The Morgan fingerprint density at radius 1 is 0.900 bits per heavy atom. The van der Waals surface area contributed by atoms with Crippen LogP contribution in [0.4, 0.5) is 0 Å². The van der Waals surface area contributed by atoms with Gasteiger partial charge in [0.2, 0.25) is 0 Å². The number of carbonyl (C=O) groups is 1. The fourth-order valence-corrected chi connectivity index (χ4v) is 4.33. The first-order chi connectivity index (χ1) is 9.42. The van der Waals surface area contributed by atoms with Crippen molar-refractivity contribution < 1.29 is 4.79 Å². The number of rotatable bonds is 4. The van der Waals surface area contributed by atoms with Gasteiger partial charge in [-0.1, -0.05) is 27.0 Å². The van der Waals surface area contributed by atoms with E-state index >= 15 is 0 Å². The largest absolute Gasteiger partial charge is 0.365 e. The monoisotopic (exact) mass is 276 g/mol. The smallest absolute Gasteiger partial charge is 0.178 e. The van der Waals surface area contributed by atoms with E-state index in [1.165, 1.54) is 0 Å². The fraction of sp³-hybridized carbons (Fsp3) is 0.706. The van der Waals surface area contributed by atoms with E-state index in [2.05, 4.69) is 50.7 Å². The second kappa shape index (κ2) is 5.63. The second-order valence-electron chi connectivity index (χ2n) is 6.68. The average molecular weight is 276 g/mol. The molecule has 0 aromatic heterocycles. The van der Waals surface area contributed by atoms with Gasteiger partial charge in [-0.25, -0.2) is 0 Å². The molecule has 6 unspecified atom stereocenters. The maximum absolute atomic E-state index is 13.1. The van der Waals surface area contributed by atoms with E-state index in [9.17, 15) is 4.79 Å². The van der Waals surface area contributed by atoms with Gasteiger partial charge in [0.25, 0.3) is 0 Å². The van der Waals surface area contributed by atoms with Crippen LogP contribution in [0, 0.1) is 11.8 Å². The molecule has 0 aliphatic carbocycles. The number of hydrogen-bond donors (Lipinski definition) is 0. The van der Waals surface area contributed by atoms with Crippen LogP contribution < -0.4 is 0 Å². The highest BCUT2D eigenvalue weighted by Crippen LogP contribution is 2.36. The quantitative estimate of drug-likeness (QED) is 0.788. The van der Waals surface area contributed by atoms with E-state index in [1.54, 1.807) is 0 Å². The number of likely N-dealkylation sites (tertiary alicyclic amines) is 2. The van der Waals surface area contributed by atoms with Crippen molar-refractivity contribution >= 4 is 5.78 Å². The summed E-state index contributed by atoms with van der Waals surface area (Å²) in [6.45, 7) is 16.5. The van der Waals surface area contributed by atoms with E-state index < -0.39 is 0 Å². The molecule has 2 heterocycles. The third-order valence-electron chi connectivity index (χ3n) is 5.17. The van der Waals surface area contributed by atoms with Gasteiger partial charge in [0.15, 0.2) is 5.78 Å². The summed E-state index contributed by atoms with van der Waals surface area (Å²) in [5.74, 6) is 1.13. The molecule has 2 aliphatic rings. The van der Waals surface area contributed by atoms with E-state index in [0.29, 0.717) is 29.7 Å². The van der Waals surface area contributed by atoms with Crippen molar-refractivity contribution in [3.8, 4) is 0 Å². The SMILES string of the molecule is C=CN1C(C)CC(C)C1C(=O)C1C(C)CC(C)N1C=C. The van der Waals surface area contributed by atoms with Crippen LogP contribution in [0.1, 0.15) is 40.5 Å². The lowest BCUT2D eigenvalue weighted by Crippen LogP contribution is -2.49. The lowest BCUT2D eigenvalue weighted by molar-refractivity contribution is -0.128. The first kappa shape index (κ1) is 15.1. The van der Waals surface area contributed by atoms with Crippen molar-refractivity contribution in [3.05, 3.63) is 25.6 Å². The minimum absolute atomic E-state index is 0.0253. The number of hydrogen-bond acceptors (Lipinski definition) is 3. The second-order valence-corrected chi connectivity index (χ2v) is 6.68.